The Morgan fingerprint density at radius 1 is 1.50 bits per heavy atom. The predicted molar refractivity (Wildman–Crippen MR) is 74.3 cm³/mol. The highest BCUT2D eigenvalue weighted by Gasteiger charge is 2.13. The number of aromatic nitrogens is 2. The Morgan fingerprint density at radius 3 is 2.78 bits per heavy atom. The average Bonchev–Trinajstić information content (AvgIpc) is 2.34. The summed E-state index contributed by atoms with van der Waals surface area (Å²) in [6, 6.07) is 1.32. The fraction of sp³-hybridized carbons (Fsp3) is 0.667. The number of nitrogens with zero attached hydrogens (tertiary/aromatic N) is 1. The first kappa shape index (κ1) is 15.0. The second-order valence-corrected chi connectivity index (χ2v) is 4.60. The van der Waals surface area contributed by atoms with Gasteiger partial charge >= 0.3 is 5.69 Å². The van der Waals surface area contributed by atoms with Crippen LogP contribution >= 0.6 is 12.6 Å². The number of H-pyrrole nitrogens is 1. The van der Waals surface area contributed by atoms with Crippen LogP contribution in [0.15, 0.2) is 21.9 Å². The summed E-state index contributed by atoms with van der Waals surface area (Å²) in [6.07, 6.45) is 3.95. The van der Waals surface area contributed by atoms with Gasteiger partial charge in [-0.2, -0.15) is 12.6 Å². The molecule has 0 aliphatic heterocycles. The predicted octanol–water partition coefficient (Wildman–Crippen LogP) is 1.56. The molecular weight excluding hydrogens is 252 g/mol. The molecule has 0 spiro atoms. The quantitative estimate of drug-likeness (QED) is 0.740. The average molecular weight is 272 g/mol. The van der Waals surface area contributed by atoms with Crippen molar-refractivity contribution in [3.05, 3.63) is 33.1 Å². The molecule has 0 bridgehead atoms. The van der Waals surface area contributed by atoms with E-state index in [1.54, 1.807) is 6.92 Å². The van der Waals surface area contributed by atoms with Crippen LogP contribution in [0, 0.1) is 0 Å². The minimum Gasteiger partial charge on any atom is -0.355 e. The van der Waals surface area contributed by atoms with Gasteiger partial charge in [-0.25, -0.2) is 4.79 Å². The Hall–Kier alpha value is -1.01. The van der Waals surface area contributed by atoms with Gasteiger partial charge in [-0.05, 0) is 31.9 Å². The van der Waals surface area contributed by atoms with Gasteiger partial charge < -0.3 is 4.74 Å². The van der Waals surface area contributed by atoms with E-state index in [1.807, 2.05) is 6.92 Å². The first-order valence-electron chi connectivity index (χ1n) is 6.16. The third-order valence-electron chi connectivity index (χ3n) is 2.77. The molecule has 0 saturated heterocycles. The number of ether oxygens (including phenoxy) is 1. The number of aromatic amines is 1. The summed E-state index contributed by atoms with van der Waals surface area (Å²) in [6.45, 7) is 3.84. The highest BCUT2D eigenvalue weighted by atomic mass is 32.1. The smallest absolute Gasteiger partial charge is 0.330 e. The molecule has 1 rings (SSSR count). The molecule has 1 aromatic heterocycles. The van der Waals surface area contributed by atoms with Gasteiger partial charge in [0.1, 0.15) is 6.23 Å². The van der Waals surface area contributed by atoms with E-state index in [0.29, 0.717) is 0 Å². The zero-order chi connectivity index (χ0) is 13.5. The molecule has 2 unspecified atom stereocenters. The van der Waals surface area contributed by atoms with E-state index in [2.05, 4.69) is 17.6 Å². The summed E-state index contributed by atoms with van der Waals surface area (Å²) in [5.74, 6) is 0.826. The molecule has 0 saturated carbocycles. The minimum atomic E-state index is -0.445. The van der Waals surface area contributed by atoms with E-state index in [4.69, 9.17) is 4.74 Å². The summed E-state index contributed by atoms with van der Waals surface area (Å²) < 4.78 is 7.20. The first-order valence-corrected chi connectivity index (χ1v) is 6.79. The zero-order valence-electron chi connectivity index (χ0n) is 10.8. The van der Waals surface area contributed by atoms with Crippen LogP contribution in [0.1, 0.15) is 39.3 Å². The SMILES string of the molecule is CCC(CCCS)OC(C)n1ccc(=O)[nH]c1=O. The second-order valence-electron chi connectivity index (χ2n) is 4.15. The summed E-state index contributed by atoms with van der Waals surface area (Å²) >= 11 is 4.17. The fourth-order valence-corrected chi connectivity index (χ4v) is 1.93. The van der Waals surface area contributed by atoms with Crippen molar-refractivity contribution >= 4 is 12.6 Å². The molecule has 0 amide bonds. The molecule has 0 fully saturated rings. The lowest BCUT2D eigenvalue weighted by Crippen LogP contribution is -2.32. The standard InChI is InChI=1S/C12H20N2O3S/c1-3-10(5-4-8-18)17-9(2)14-7-6-11(15)13-12(14)16/h6-7,9-10,18H,3-5,8H2,1-2H3,(H,13,15,16). The van der Waals surface area contributed by atoms with Crippen LogP contribution in [0.25, 0.3) is 0 Å². The lowest BCUT2D eigenvalue weighted by Gasteiger charge is -2.22. The zero-order valence-corrected chi connectivity index (χ0v) is 11.7. The van der Waals surface area contributed by atoms with E-state index < -0.39 is 11.2 Å². The number of thiol groups is 1. The van der Waals surface area contributed by atoms with Crippen molar-refractivity contribution in [1.29, 1.82) is 0 Å². The van der Waals surface area contributed by atoms with E-state index in [9.17, 15) is 9.59 Å². The highest BCUT2D eigenvalue weighted by molar-refractivity contribution is 7.80. The van der Waals surface area contributed by atoms with E-state index >= 15 is 0 Å². The number of hydrogen-bond acceptors (Lipinski definition) is 4. The molecular formula is C12H20N2O3S. The van der Waals surface area contributed by atoms with Crippen LogP contribution in [0.2, 0.25) is 0 Å². The van der Waals surface area contributed by atoms with Crippen molar-refractivity contribution in [2.24, 2.45) is 0 Å². The Kier molecular flexibility index (Phi) is 6.21. The lowest BCUT2D eigenvalue weighted by atomic mass is 10.1. The highest BCUT2D eigenvalue weighted by Crippen LogP contribution is 2.14. The molecule has 102 valence electrons. The Morgan fingerprint density at radius 2 is 2.22 bits per heavy atom. The molecule has 0 aromatic carbocycles. The normalized spacial score (nSPS) is 14.4. The van der Waals surface area contributed by atoms with Crippen LogP contribution < -0.4 is 11.2 Å². The molecule has 1 heterocycles. The van der Waals surface area contributed by atoms with E-state index in [-0.39, 0.29) is 12.3 Å². The van der Waals surface area contributed by atoms with Gasteiger partial charge in [0.25, 0.3) is 5.56 Å². The van der Waals surface area contributed by atoms with Crippen molar-refractivity contribution in [3.63, 3.8) is 0 Å². The molecule has 0 aliphatic rings. The van der Waals surface area contributed by atoms with E-state index in [1.165, 1.54) is 16.8 Å². The van der Waals surface area contributed by atoms with Gasteiger partial charge in [0.05, 0.1) is 6.10 Å². The number of hydrogen-bond donors (Lipinski definition) is 2. The topological polar surface area (TPSA) is 64.1 Å². The van der Waals surface area contributed by atoms with Crippen LogP contribution in [-0.2, 0) is 4.74 Å². The van der Waals surface area contributed by atoms with Crippen molar-refractivity contribution in [2.45, 2.75) is 45.4 Å². The number of rotatable bonds is 7. The van der Waals surface area contributed by atoms with Crippen molar-refractivity contribution < 1.29 is 4.74 Å². The van der Waals surface area contributed by atoms with Crippen molar-refractivity contribution in [3.8, 4) is 0 Å². The third kappa shape index (κ3) is 4.34. The molecule has 2 atom stereocenters. The van der Waals surface area contributed by atoms with Gasteiger partial charge in [-0.1, -0.05) is 6.92 Å². The van der Waals surface area contributed by atoms with Crippen LogP contribution in [0.5, 0.6) is 0 Å². The molecule has 0 aliphatic carbocycles. The summed E-state index contributed by atoms with van der Waals surface area (Å²) in [4.78, 5) is 24.8. The minimum absolute atomic E-state index is 0.103. The van der Waals surface area contributed by atoms with E-state index in [0.717, 1.165) is 25.0 Å². The largest absolute Gasteiger partial charge is 0.355 e. The summed E-state index contributed by atoms with van der Waals surface area (Å²) in [7, 11) is 0. The summed E-state index contributed by atoms with van der Waals surface area (Å²) in [5, 5.41) is 0. The Labute approximate surface area is 112 Å². The van der Waals surface area contributed by atoms with Crippen LogP contribution in [0.3, 0.4) is 0 Å². The van der Waals surface area contributed by atoms with Gasteiger partial charge in [0.2, 0.25) is 0 Å². The monoisotopic (exact) mass is 272 g/mol. The van der Waals surface area contributed by atoms with Gasteiger partial charge in [-0.3, -0.25) is 14.3 Å². The molecule has 5 nitrogen and oxygen atoms in total. The summed E-state index contributed by atoms with van der Waals surface area (Å²) in [5.41, 5.74) is -0.843. The Bertz CT molecular complexity index is 469. The lowest BCUT2D eigenvalue weighted by molar-refractivity contribution is -0.0502. The van der Waals surface area contributed by atoms with Gasteiger partial charge in [0, 0.05) is 12.3 Å². The maximum atomic E-state index is 11.6. The maximum absolute atomic E-state index is 11.6. The van der Waals surface area contributed by atoms with Crippen molar-refractivity contribution in [2.75, 3.05) is 5.75 Å². The van der Waals surface area contributed by atoms with Gasteiger partial charge in [-0.15, -0.1) is 0 Å². The van der Waals surface area contributed by atoms with Crippen LogP contribution in [-0.4, -0.2) is 21.4 Å². The number of nitrogens with one attached hydrogen (secondary N) is 1. The Balaban J connectivity index is 2.71. The van der Waals surface area contributed by atoms with Crippen molar-refractivity contribution in [1.82, 2.24) is 9.55 Å². The molecule has 18 heavy (non-hydrogen) atoms. The molecule has 0 radical (unpaired) electrons. The molecule has 6 heteroatoms. The first-order chi connectivity index (χ1) is 8.58. The molecule has 1 aromatic rings. The van der Waals surface area contributed by atoms with Crippen LogP contribution in [0.4, 0.5) is 0 Å². The molecule has 1 N–H and O–H groups in total. The second kappa shape index (κ2) is 7.43. The van der Waals surface area contributed by atoms with Gasteiger partial charge in [0.15, 0.2) is 0 Å². The fourth-order valence-electron chi connectivity index (χ4n) is 1.75. The third-order valence-corrected chi connectivity index (χ3v) is 3.09. The maximum Gasteiger partial charge on any atom is 0.330 e.